The van der Waals surface area contributed by atoms with Crippen LogP contribution in [0.5, 0.6) is 23.0 Å². The Morgan fingerprint density at radius 1 is 1.31 bits per heavy atom. The Balaban J connectivity index is 3.12. The zero-order valence-corrected chi connectivity index (χ0v) is 9.44. The van der Waals surface area contributed by atoms with Gasteiger partial charge in [0, 0.05) is 18.6 Å². The molecule has 0 aliphatic carbocycles. The summed E-state index contributed by atoms with van der Waals surface area (Å²) in [6.07, 6.45) is 0.237. The quantitative estimate of drug-likeness (QED) is 0.625. The topological polar surface area (TPSA) is 65.0 Å². The number of ether oxygens (including phenoxy) is 3. The second kappa shape index (κ2) is 5.25. The highest BCUT2D eigenvalue weighted by Crippen LogP contribution is 2.40. The lowest BCUT2D eigenvalue weighted by Gasteiger charge is -2.11. The van der Waals surface area contributed by atoms with Crippen molar-refractivity contribution in [3.05, 3.63) is 12.1 Å². The predicted molar refractivity (Wildman–Crippen MR) is 57.1 cm³/mol. The predicted octanol–water partition coefficient (Wildman–Crippen LogP) is 1.72. The molecule has 5 heteroatoms. The van der Waals surface area contributed by atoms with Crippen molar-refractivity contribution in [1.29, 1.82) is 0 Å². The number of phenols is 1. The highest BCUT2D eigenvalue weighted by molar-refractivity contribution is 5.74. The molecule has 0 amide bonds. The van der Waals surface area contributed by atoms with Crippen LogP contribution in [0.3, 0.4) is 0 Å². The van der Waals surface area contributed by atoms with E-state index < -0.39 is 5.97 Å². The van der Waals surface area contributed by atoms with Crippen molar-refractivity contribution in [2.75, 3.05) is 14.2 Å². The number of carbonyl (C=O) groups excluding carboxylic acids is 1. The van der Waals surface area contributed by atoms with Crippen LogP contribution in [0.25, 0.3) is 0 Å². The number of phenolic OH excluding ortho intramolecular Hbond substituents is 1. The molecule has 0 saturated heterocycles. The third-order valence-electron chi connectivity index (χ3n) is 1.96. The number of esters is 1. The molecule has 0 radical (unpaired) electrons. The van der Waals surface area contributed by atoms with Crippen LogP contribution in [0.1, 0.15) is 13.3 Å². The fourth-order valence-electron chi connectivity index (χ4n) is 1.16. The number of hydrogen-bond donors (Lipinski definition) is 1. The normalized spacial score (nSPS) is 9.69. The molecule has 0 fully saturated rings. The Hall–Kier alpha value is -1.91. The van der Waals surface area contributed by atoms with Crippen molar-refractivity contribution in [2.24, 2.45) is 0 Å². The summed E-state index contributed by atoms with van der Waals surface area (Å²) in [6, 6.07) is 2.86. The van der Waals surface area contributed by atoms with Crippen LogP contribution in [0, 0.1) is 0 Å². The SMILES string of the molecule is CCC(=O)Oc1cc(OC)cc(O)c1OC. The molecule has 0 bridgehead atoms. The van der Waals surface area contributed by atoms with Crippen LogP contribution in [-0.2, 0) is 4.79 Å². The van der Waals surface area contributed by atoms with Crippen LogP contribution in [-0.4, -0.2) is 25.3 Å². The maximum Gasteiger partial charge on any atom is 0.311 e. The maximum absolute atomic E-state index is 11.2. The molecule has 88 valence electrons. The summed E-state index contributed by atoms with van der Waals surface area (Å²) in [5, 5.41) is 9.59. The van der Waals surface area contributed by atoms with Crippen molar-refractivity contribution >= 4 is 5.97 Å². The van der Waals surface area contributed by atoms with E-state index in [1.807, 2.05) is 0 Å². The number of hydrogen-bond acceptors (Lipinski definition) is 5. The van der Waals surface area contributed by atoms with E-state index >= 15 is 0 Å². The Kier molecular flexibility index (Phi) is 3.99. The molecule has 0 unspecified atom stereocenters. The van der Waals surface area contributed by atoms with Crippen LogP contribution in [0.2, 0.25) is 0 Å². The molecular weight excluding hydrogens is 212 g/mol. The van der Waals surface area contributed by atoms with Gasteiger partial charge in [-0.25, -0.2) is 0 Å². The minimum atomic E-state index is -0.411. The molecule has 1 N–H and O–H groups in total. The molecule has 1 aromatic rings. The molecule has 0 spiro atoms. The fourth-order valence-corrected chi connectivity index (χ4v) is 1.16. The highest BCUT2D eigenvalue weighted by atomic mass is 16.6. The van der Waals surface area contributed by atoms with E-state index in [9.17, 15) is 9.90 Å². The molecule has 0 aliphatic rings. The lowest BCUT2D eigenvalue weighted by Crippen LogP contribution is -2.06. The molecule has 1 aromatic carbocycles. The molecule has 0 aliphatic heterocycles. The number of benzene rings is 1. The molecule has 0 saturated carbocycles. The summed E-state index contributed by atoms with van der Waals surface area (Å²) in [6.45, 7) is 1.68. The Bertz CT molecular complexity index is 386. The van der Waals surface area contributed by atoms with Gasteiger partial charge in [0.25, 0.3) is 0 Å². The van der Waals surface area contributed by atoms with Gasteiger partial charge in [0.05, 0.1) is 14.2 Å². The average molecular weight is 226 g/mol. The molecule has 5 nitrogen and oxygen atoms in total. The van der Waals surface area contributed by atoms with Gasteiger partial charge in [0.1, 0.15) is 5.75 Å². The van der Waals surface area contributed by atoms with E-state index in [-0.39, 0.29) is 23.7 Å². The van der Waals surface area contributed by atoms with Gasteiger partial charge in [-0.1, -0.05) is 6.92 Å². The van der Waals surface area contributed by atoms with Crippen LogP contribution < -0.4 is 14.2 Å². The lowest BCUT2D eigenvalue weighted by molar-refractivity contribution is -0.134. The van der Waals surface area contributed by atoms with Gasteiger partial charge in [0.15, 0.2) is 11.5 Å². The van der Waals surface area contributed by atoms with E-state index in [1.54, 1.807) is 6.92 Å². The first-order chi connectivity index (χ1) is 7.62. The molecule has 0 atom stereocenters. The summed E-state index contributed by atoms with van der Waals surface area (Å²) >= 11 is 0. The van der Waals surface area contributed by atoms with Gasteiger partial charge in [-0.05, 0) is 0 Å². The van der Waals surface area contributed by atoms with Crippen LogP contribution in [0.15, 0.2) is 12.1 Å². The van der Waals surface area contributed by atoms with E-state index in [2.05, 4.69) is 0 Å². The third kappa shape index (κ3) is 2.56. The standard InChI is InChI=1S/C11H14O5/c1-4-10(13)16-9-6-7(14-2)5-8(12)11(9)15-3/h5-6,12H,4H2,1-3H3. The van der Waals surface area contributed by atoms with Crippen molar-refractivity contribution in [3.63, 3.8) is 0 Å². The van der Waals surface area contributed by atoms with E-state index in [4.69, 9.17) is 14.2 Å². The summed E-state index contributed by atoms with van der Waals surface area (Å²) in [7, 11) is 2.83. The van der Waals surface area contributed by atoms with Gasteiger partial charge in [0.2, 0.25) is 5.75 Å². The smallest absolute Gasteiger partial charge is 0.311 e. The summed E-state index contributed by atoms with van der Waals surface area (Å²) < 4.78 is 14.9. The Morgan fingerprint density at radius 2 is 2.00 bits per heavy atom. The number of methoxy groups -OCH3 is 2. The minimum Gasteiger partial charge on any atom is -0.504 e. The van der Waals surface area contributed by atoms with Crippen molar-refractivity contribution in [2.45, 2.75) is 13.3 Å². The monoisotopic (exact) mass is 226 g/mol. The number of aromatic hydroxyl groups is 1. The third-order valence-corrected chi connectivity index (χ3v) is 1.96. The minimum absolute atomic E-state index is 0.114. The molecular formula is C11H14O5. The van der Waals surface area contributed by atoms with Crippen LogP contribution in [0.4, 0.5) is 0 Å². The molecule has 16 heavy (non-hydrogen) atoms. The van der Waals surface area contributed by atoms with Crippen LogP contribution >= 0.6 is 0 Å². The largest absolute Gasteiger partial charge is 0.504 e. The first-order valence-electron chi connectivity index (χ1n) is 4.78. The van der Waals surface area contributed by atoms with Gasteiger partial charge in [-0.2, -0.15) is 0 Å². The van der Waals surface area contributed by atoms with E-state index in [0.29, 0.717) is 5.75 Å². The Morgan fingerprint density at radius 3 is 2.50 bits per heavy atom. The zero-order valence-electron chi connectivity index (χ0n) is 9.44. The molecule has 0 heterocycles. The van der Waals surface area contributed by atoms with Crippen molar-refractivity contribution in [3.8, 4) is 23.0 Å². The van der Waals surface area contributed by atoms with Gasteiger partial charge >= 0.3 is 5.97 Å². The van der Waals surface area contributed by atoms with E-state index in [0.717, 1.165) is 0 Å². The first-order valence-corrected chi connectivity index (χ1v) is 4.78. The lowest BCUT2D eigenvalue weighted by atomic mass is 10.2. The van der Waals surface area contributed by atoms with Gasteiger partial charge in [-0.15, -0.1) is 0 Å². The average Bonchev–Trinajstić information content (AvgIpc) is 2.28. The second-order valence-electron chi connectivity index (χ2n) is 3.01. The Labute approximate surface area is 93.6 Å². The number of carbonyl (C=O) groups is 1. The van der Waals surface area contributed by atoms with Crippen molar-refractivity contribution < 1.29 is 24.1 Å². The van der Waals surface area contributed by atoms with E-state index in [1.165, 1.54) is 26.4 Å². The summed E-state index contributed by atoms with van der Waals surface area (Å²) in [4.78, 5) is 11.2. The van der Waals surface area contributed by atoms with Gasteiger partial charge < -0.3 is 19.3 Å². The highest BCUT2D eigenvalue weighted by Gasteiger charge is 2.15. The first kappa shape index (κ1) is 12.2. The van der Waals surface area contributed by atoms with Gasteiger partial charge in [-0.3, -0.25) is 4.79 Å². The summed E-state index contributed by atoms with van der Waals surface area (Å²) in [5.41, 5.74) is 0. The summed E-state index contributed by atoms with van der Waals surface area (Å²) in [5.74, 6) is 0.0951. The molecule has 1 rings (SSSR count). The molecule has 0 aromatic heterocycles. The second-order valence-corrected chi connectivity index (χ2v) is 3.01. The van der Waals surface area contributed by atoms with Crippen molar-refractivity contribution in [1.82, 2.24) is 0 Å². The number of rotatable bonds is 4. The maximum atomic E-state index is 11.2. The zero-order chi connectivity index (χ0) is 12.1. The fraction of sp³-hybridized carbons (Fsp3) is 0.364.